The first-order valence-corrected chi connectivity index (χ1v) is 3.64. The summed E-state index contributed by atoms with van der Waals surface area (Å²) in [6, 6.07) is 3.96. The van der Waals surface area contributed by atoms with Gasteiger partial charge in [-0.25, -0.2) is 0 Å². The Morgan fingerprint density at radius 3 is 3.18 bits per heavy atom. The zero-order valence-electron chi connectivity index (χ0n) is 6.62. The molecule has 2 heteroatoms. The molecule has 0 saturated heterocycles. The summed E-state index contributed by atoms with van der Waals surface area (Å²) in [5.41, 5.74) is 1.14. The van der Waals surface area contributed by atoms with Gasteiger partial charge in [0.2, 0.25) is 0 Å². The summed E-state index contributed by atoms with van der Waals surface area (Å²) in [7, 11) is 1.92. The number of hydrogen-bond donors (Lipinski definition) is 1. The van der Waals surface area contributed by atoms with Crippen LogP contribution in [-0.2, 0) is 0 Å². The molecule has 1 heterocycles. The molecular weight excluding hydrogens is 136 g/mol. The number of rotatable bonds is 3. The van der Waals surface area contributed by atoms with E-state index in [2.05, 4.69) is 16.4 Å². The van der Waals surface area contributed by atoms with Crippen molar-refractivity contribution in [1.82, 2.24) is 10.3 Å². The molecule has 11 heavy (non-hydrogen) atoms. The molecule has 2 nitrogen and oxygen atoms in total. The van der Waals surface area contributed by atoms with Crippen molar-refractivity contribution in [2.45, 2.75) is 0 Å². The maximum absolute atomic E-state index is 3.99. The quantitative estimate of drug-likeness (QED) is 0.699. The van der Waals surface area contributed by atoms with E-state index in [0.29, 0.717) is 0 Å². The number of nitrogens with one attached hydrogen (secondary N) is 1. The van der Waals surface area contributed by atoms with Crippen molar-refractivity contribution in [3.63, 3.8) is 0 Å². The molecule has 0 fully saturated rings. The highest BCUT2D eigenvalue weighted by atomic mass is 14.8. The second kappa shape index (κ2) is 4.63. The molecule has 0 radical (unpaired) electrons. The number of pyridine rings is 1. The lowest BCUT2D eigenvalue weighted by atomic mass is 10.2. The predicted octanol–water partition coefficient (Wildman–Crippen LogP) is 1.31. The minimum Gasteiger partial charge on any atom is -0.316 e. The maximum atomic E-state index is 3.99. The molecule has 0 saturated carbocycles. The lowest BCUT2D eigenvalue weighted by Crippen LogP contribution is -2.03. The zero-order valence-corrected chi connectivity index (χ0v) is 6.62. The molecule has 0 unspecified atom stereocenters. The Labute approximate surface area is 67.0 Å². The Morgan fingerprint density at radius 2 is 2.55 bits per heavy atom. The topological polar surface area (TPSA) is 24.9 Å². The van der Waals surface area contributed by atoms with Crippen LogP contribution < -0.4 is 5.32 Å². The molecule has 58 valence electrons. The first kappa shape index (κ1) is 7.95. The summed E-state index contributed by atoms with van der Waals surface area (Å²) in [5, 5.41) is 3.03. The van der Waals surface area contributed by atoms with Gasteiger partial charge in [0.15, 0.2) is 0 Å². The minimum atomic E-state index is 0.898. The summed E-state index contributed by atoms with van der Waals surface area (Å²) in [4.78, 5) is 3.99. The second-order valence-corrected chi connectivity index (χ2v) is 2.25. The van der Waals surface area contributed by atoms with Crippen LogP contribution >= 0.6 is 0 Å². The molecule has 0 bridgehead atoms. The minimum absolute atomic E-state index is 0.898. The lowest BCUT2D eigenvalue weighted by molar-refractivity contribution is 0.922. The smallest absolute Gasteiger partial charge is 0.0340 e. The summed E-state index contributed by atoms with van der Waals surface area (Å²) in [5.74, 6) is 0. The average molecular weight is 148 g/mol. The van der Waals surface area contributed by atoms with E-state index in [1.54, 1.807) is 6.20 Å². The van der Waals surface area contributed by atoms with E-state index in [9.17, 15) is 0 Å². The van der Waals surface area contributed by atoms with Crippen molar-refractivity contribution in [3.8, 4) is 0 Å². The SMILES string of the molecule is CNC/C=C/c1cccnc1. The fourth-order valence-corrected chi connectivity index (χ4v) is 0.787. The maximum Gasteiger partial charge on any atom is 0.0340 e. The second-order valence-electron chi connectivity index (χ2n) is 2.25. The average Bonchev–Trinajstić information content (AvgIpc) is 2.07. The third-order valence-corrected chi connectivity index (χ3v) is 1.32. The van der Waals surface area contributed by atoms with Crippen LogP contribution in [0, 0.1) is 0 Å². The van der Waals surface area contributed by atoms with Crippen LogP contribution in [0.25, 0.3) is 6.08 Å². The van der Waals surface area contributed by atoms with E-state index in [4.69, 9.17) is 0 Å². The van der Waals surface area contributed by atoms with E-state index in [-0.39, 0.29) is 0 Å². The van der Waals surface area contributed by atoms with Crippen molar-refractivity contribution in [1.29, 1.82) is 0 Å². The predicted molar refractivity (Wildman–Crippen MR) is 47.2 cm³/mol. The molecule has 0 aliphatic carbocycles. The monoisotopic (exact) mass is 148 g/mol. The molecule has 1 aromatic heterocycles. The summed E-state index contributed by atoms with van der Waals surface area (Å²) >= 11 is 0. The van der Waals surface area contributed by atoms with Gasteiger partial charge in [0, 0.05) is 18.9 Å². The Hall–Kier alpha value is -1.15. The van der Waals surface area contributed by atoms with Crippen LogP contribution in [0.4, 0.5) is 0 Å². The molecule has 0 atom stereocenters. The van der Waals surface area contributed by atoms with Crippen molar-refractivity contribution < 1.29 is 0 Å². The van der Waals surface area contributed by atoms with E-state index < -0.39 is 0 Å². The van der Waals surface area contributed by atoms with Crippen LogP contribution in [-0.4, -0.2) is 18.6 Å². The van der Waals surface area contributed by atoms with Gasteiger partial charge in [-0.15, -0.1) is 0 Å². The highest BCUT2D eigenvalue weighted by Gasteiger charge is 1.81. The highest BCUT2D eigenvalue weighted by Crippen LogP contribution is 1.96. The number of nitrogens with zero attached hydrogens (tertiary/aromatic N) is 1. The van der Waals surface area contributed by atoms with Gasteiger partial charge in [0.05, 0.1) is 0 Å². The van der Waals surface area contributed by atoms with Gasteiger partial charge in [-0.05, 0) is 18.7 Å². The van der Waals surface area contributed by atoms with Gasteiger partial charge in [-0.2, -0.15) is 0 Å². The van der Waals surface area contributed by atoms with Crippen LogP contribution in [0.15, 0.2) is 30.6 Å². The molecule has 0 spiro atoms. The zero-order chi connectivity index (χ0) is 7.94. The Balaban J connectivity index is 2.50. The van der Waals surface area contributed by atoms with Gasteiger partial charge in [0.1, 0.15) is 0 Å². The first-order chi connectivity index (χ1) is 5.43. The summed E-state index contributed by atoms with van der Waals surface area (Å²) in [6.45, 7) is 0.898. The van der Waals surface area contributed by atoms with Crippen molar-refractivity contribution in [2.24, 2.45) is 0 Å². The van der Waals surface area contributed by atoms with Crippen molar-refractivity contribution >= 4 is 6.08 Å². The van der Waals surface area contributed by atoms with Crippen molar-refractivity contribution in [2.75, 3.05) is 13.6 Å². The van der Waals surface area contributed by atoms with E-state index in [1.807, 2.05) is 31.5 Å². The van der Waals surface area contributed by atoms with Crippen LogP contribution in [0.3, 0.4) is 0 Å². The van der Waals surface area contributed by atoms with Gasteiger partial charge in [-0.1, -0.05) is 18.2 Å². The molecule has 0 aromatic carbocycles. The standard InChI is InChI=1S/C9H12N2/c1-10-6-2-4-9-5-3-7-11-8-9/h2-5,7-8,10H,6H2,1H3/b4-2+. The summed E-state index contributed by atoms with van der Waals surface area (Å²) in [6.07, 6.45) is 7.72. The molecule has 0 aliphatic heterocycles. The number of likely N-dealkylation sites (N-methyl/N-ethyl adjacent to an activating group) is 1. The summed E-state index contributed by atoms with van der Waals surface area (Å²) < 4.78 is 0. The lowest BCUT2D eigenvalue weighted by Gasteiger charge is -1.90. The Bertz CT molecular complexity index is 216. The molecule has 0 amide bonds. The van der Waals surface area contributed by atoms with Gasteiger partial charge >= 0.3 is 0 Å². The van der Waals surface area contributed by atoms with Crippen LogP contribution in [0.5, 0.6) is 0 Å². The van der Waals surface area contributed by atoms with Gasteiger partial charge in [-0.3, -0.25) is 4.98 Å². The van der Waals surface area contributed by atoms with Crippen LogP contribution in [0.1, 0.15) is 5.56 Å². The van der Waals surface area contributed by atoms with Crippen LogP contribution in [0.2, 0.25) is 0 Å². The Morgan fingerprint density at radius 1 is 1.64 bits per heavy atom. The molecule has 1 aromatic rings. The number of aromatic nitrogens is 1. The normalized spacial score (nSPS) is 10.6. The first-order valence-electron chi connectivity index (χ1n) is 3.64. The molecule has 1 rings (SSSR count). The third kappa shape index (κ3) is 2.96. The van der Waals surface area contributed by atoms with Gasteiger partial charge in [0.25, 0.3) is 0 Å². The van der Waals surface area contributed by atoms with E-state index in [1.165, 1.54) is 0 Å². The van der Waals surface area contributed by atoms with E-state index >= 15 is 0 Å². The van der Waals surface area contributed by atoms with Gasteiger partial charge < -0.3 is 5.32 Å². The molecule has 1 N–H and O–H groups in total. The largest absolute Gasteiger partial charge is 0.316 e. The highest BCUT2D eigenvalue weighted by molar-refractivity contribution is 5.47. The third-order valence-electron chi connectivity index (χ3n) is 1.32. The number of hydrogen-bond acceptors (Lipinski definition) is 2. The Kier molecular flexibility index (Phi) is 3.35. The van der Waals surface area contributed by atoms with Crippen molar-refractivity contribution in [3.05, 3.63) is 36.2 Å². The fraction of sp³-hybridized carbons (Fsp3) is 0.222. The molecular formula is C9H12N2. The van der Waals surface area contributed by atoms with E-state index in [0.717, 1.165) is 12.1 Å². The fourth-order valence-electron chi connectivity index (χ4n) is 0.787. The molecule has 0 aliphatic rings.